The van der Waals surface area contributed by atoms with Crippen LogP contribution in [0.1, 0.15) is 37.8 Å². The van der Waals surface area contributed by atoms with Crippen molar-refractivity contribution in [2.45, 2.75) is 44.3 Å². The molecular weight excluding hydrogens is 593 g/mol. The summed E-state index contributed by atoms with van der Waals surface area (Å²) in [7, 11) is 0. The van der Waals surface area contributed by atoms with Gasteiger partial charge in [-0.25, -0.2) is 4.98 Å². The highest BCUT2D eigenvalue weighted by Gasteiger charge is 2.35. The van der Waals surface area contributed by atoms with Gasteiger partial charge in [0.15, 0.2) is 0 Å². The van der Waals surface area contributed by atoms with Crippen molar-refractivity contribution in [2.24, 2.45) is 5.73 Å². The van der Waals surface area contributed by atoms with Gasteiger partial charge in [0.25, 0.3) is 10.9 Å². The molecule has 0 spiro atoms. The van der Waals surface area contributed by atoms with Crippen molar-refractivity contribution in [3.63, 3.8) is 0 Å². The number of hydrogen-bond acceptors (Lipinski definition) is 10. The second-order valence-corrected chi connectivity index (χ2v) is 12.0. The van der Waals surface area contributed by atoms with Crippen LogP contribution in [0.15, 0.2) is 46.1 Å². The molecule has 0 aliphatic carbocycles. The summed E-state index contributed by atoms with van der Waals surface area (Å²) < 4.78 is 0. The van der Waals surface area contributed by atoms with E-state index in [1.54, 1.807) is 12.3 Å². The summed E-state index contributed by atoms with van der Waals surface area (Å²) in [6, 6.07) is 10.2. The molecule has 11 nitrogen and oxygen atoms in total. The van der Waals surface area contributed by atoms with Gasteiger partial charge in [0, 0.05) is 49.8 Å². The van der Waals surface area contributed by atoms with Crippen LogP contribution in [0, 0.1) is 0 Å². The van der Waals surface area contributed by atoms with E-state index in [0.29, 0.717) is 33.6 Å². The average molecular weight is 631 g/mol. The number of aromatic nitrogens is 1. The molecule has 1 amide bonds. The van der Waals surface area contributed by atoms with Gasteiger partial charge >= 0.3 is 0 Å². The first-order chi connectivity index (χ1) is 20.7. The van der Waals surface area contributed by atoms with Gasteiger partial charge < -0.3 is 26.4 Å². The monoisotopic (exact) mass is 629 g/mol. The first kappa shape index (κ1) is 31.2. The molecule has 13 heteroatoms. The molecule has 2 aromatic carbocycles. The Balaban J connectivity index is 1.19. The van der Waals surface area contributed by atoms with E-state index in [-0.39, 0.29) is 30.6 Å². The van der Waals surface area contributed by atoms with Crippen LogP contribution in [0.25, 0.3) is 0 Å². The lowest BCUT2D eigenvalue weighted by atomic mass is 9.96. The predicted octanol–water partition coefficient (Wildman–Crippen LogP) is 2.72. The van der Waals surface area contributed by atoms with Gasteiger partial charge in [0.1, 0.15) is 17.2 Å². The maximum Gasteiger partial charge on any atom is 0.253 e. The van der Waals surface area contributed by atoms with E-state index in [1.165, 1.54) is 0 Å². The first-order valence-electron chi connectivity index (χ1n) is 14.6. The smallest absolute Gasteiger partial charge is 0.253 e. The van der Waals surface area contributed by atoms with E-state index in [1.807, 2.05) is 24.3 Å². The zero-order valence-electron chi connectivity index (χ0n) is 24.1. The summed E-state index contributed by atoms with van der Waals surface area (Å²) in [4.78, 5) is 46.8. The Morgan fingerprint density at radius 3 is 2.42 bits per heavy atom. The predicted molar refractivity (Wildman–Crippen MR) is 170 cm³/mol. The number of nitrogens with two attached hydrogens (primary N) is 1. The minimum atomic E-state index is -0.705. The van der Waals surface area contributed by atoms with Gasteiger partial charge in [-0.05, 0) is 43.0 Å². The van der Waals surface area contributed by atoms with Gasteiger partial charge in [-0.1, -0.05) is 42.3 Å². The van der Waals surface area contributed by atoms with Crippen molar-refractivity contribution >= 4 is 52.0 Å². The summed E-state index contributed by atoms with van der Waals surface area (Å²) in [5.74, 6) is 0.0273. The Morgan fingerprint density at radius 1 is 1.09 bits per heavy atom. The van der Waals surface area contributed by atoms with Gasteiger partial charge in [-0.15, -0.1) is 0 Å². The minimum Gasteiger partial charge on any atom is -0.394 e. The molecule has 0 radical (unpaired) electrons. The zero-order valence-corrected chi connectivity index (χ0v) is 25.6. The Bertz CT molecular complexity index is 1500. The highest BCUT2D eigenvalue weighted by atomic mass is 35.5. The Morgan fingerprint density at radius 2 is 1.79 bits per heavy atom. The van der Waals surface area contributed by atoms with Crippen LogP contribution in [-0.4, -0.2) is 83.8 Å². The molecule has 2 aliphatic heterocycles. The molecular formula is C30H37Cl2N7O4. The number of amides is 1. The SMILES string of the molecule is CC[C@H]1CN(c2ncc(Nc3c(NCC(N)=O)c(=O)c3=O)cc2Cl)CCN1C1CCN([C@H](CO)c2ccc(Cl)cc2)CC1. The van der Waals surface area contributed by atoms with Gasteiger partial charge in [-0.3, -0.25) is 24.2 Å². The number of anilines is 4. The molecule has 5 N–H and O–H groups in total. The van der Waals surface area contributed by atoms with Crippen LogP contribution in [0.2, 0.25) is 10.0 Å². The van der Waals surface area contributed by atoms with Crippen LogP contribution in [-0.2, 0) is 4.79 Å². The van der Waals surface area contributed by atoms with Crippen molar-refractivity contribution in [1.82, 2.24) is 14.8 Å². The van der Waals surface area contributed by atoms with E-state index in [2.05, 4.69) is 37.2 Å². The summed E-state index contributed by atoms with van der Waals surface area (Å²) in [6.07, 6.45) is 4.64. The van der Waals surface area contributed by atoms with Crippen LogP contribution in [0.3, 0.4) is 0 Å². The van der Waals surface area contributed by atoms with Gasteiger partial charge in [-0.2, -0.15) is 0 Å². The molecule has 3 aromatic rings. The van der Waals surface area contributed by atoms with Crippen LogP contribution in [0.5, 0.6) is 0 Å². The largest absolute Gasteiger partial charge is 0.394 e. The fraction of sp³-hybridized carbons (Fsp3) is 0.467. The molecule has 5 rings (SSSR count). The van der Waals surface area contributed by atoms with Crippen molar-refractivity contribution in [1.29, 1.82) is 0 Å². The summed E-state index contributed by atoms with van der Waals surface area (Å²) in [5, 5.41) is 16.8. The molecule has 0 unspecified atom stereocenters. The number of rotatable bonds is 11. The van der Waals surface area contributed by atoms with E-state index in [0.717, 1.165) is 57.5 Å². The third-order valence-electron chi connectivity index (χ3n) is 8.58. The normalized spacial score (nSPS) is 19.4. The molecule has 230 valence electrons. The second kappa shape index (κ2) is 13.6. The number of hydrogen-bond donors (Lipinski definition) is 4. The molecule has 2 fully saturated rings. The number of aliphatic hydroxyl groups excluding tert-OH is 1. The zero-order chi connectivity index (χ0) is 30.7. The quantitative estimate of drug-likeness (QED) is 0.234. The van der Waals surface area contributed by atoms with E-state index < -0.39 is 16.8 Å². The molecule has 2 atom stereocenters. The number of aliphatic hydroxyl groups is 1. The Hall–Kier alpha value is -3.22. The van der Waals surface area contributed by atoms with Crippen molar-refractivity contribution < 1.29 is 9.90 Å². The van der Waals surface area contributed by atoms with E-state index in [9.17, 15) is 19.5 Å². The molecule has 1 aromatic heterocycles. The number of pyridine rings is 1. The minimum absolute atomic E-state index is 0.0219. The lowest BCUT2D eigenvalue weighted by Gasteiger charge is -2.48. The molecule has 0 bridgehead atoms. The maximum atomic E-state index is 12.1. The molecule has 3 heterocycles. The highest BCUT2D eigenvalue weighted by molar-refractivity contribution is 6.33. The van der Waals surface area contributed by atoms with Crippen LogP contribution < -0.4 is 32.1 Å². The molecule has 2 aliphatic rings. The number of likely N-dealkylation sites (tertiary alicyclic amines) is 1. The summed E-state index contributed by atoms with van der Waals surface area (Å²) in [6.45, 7) is 6.31. The number of piperazine rings is 1. The second-order valence-electron chi connectivity index (χ2n) is 11.1. The lowest BCUT2D eigenvalue weighted by molar-refractivity contribution is -0.116. The first-order valence-corrected chi connectivity index (χ1v) is 15.3. The van der Waals surface area contributed by atoms with E-state index in [4.69, 9.17) is 28.9 Å². The number of benzene rings is 1. The number of carbonyl (C=O) groups is 1. The van der Waals surface area contributed by atoms with Crippen molar-refractivity contribution in [3.8, 4) is 0 Å². The van der Waals surface area contributed by atoms with Crippen LogP contribution >= 0.6 is 23.2 Å². The Labute approximate surface area is 260 Å². The summed E-state index contributed by atoms with van der Waals surface area (Å²) >= 11 is 12.7. The van der Waals surface area contributed by atoms with Gasteiger partial charge in [0.2, 0.25) is 5.91 Å². The average Bonchev–Trinajstić information content (AvgIpc) is 3.01. The number of piperidine rings is 1. The van der Waals surface area contributed by atoms with Crippen molar-refractivity contribution in [3.05, 3.63) is 72.6 Å². The third kappa shape index (κ3) is 6.81. The number of halogens is 2. The molecule has 2 saturated heterocycles. The Kier molecular flexibility index (Phi) is 9.88. The molecule has 43 heavy (non-hydrogen) atoms. The topological polar surface area (TPSA) is 144 Å². The number of nitrogens with zero attached hydrogens (tertiary/aromatic N) is 4. The summed E-state index contributed by atoms with van der Waals surface area (Å²) in [5.41, 5.74) is 5.36. The van der Waals surface area contributed by atoms with Crippen LogP contribution in [0.4, 0.5) is 22.9 Å². The van der Waals surface area contributed by atoms with Crippen molar-refractivity contribution in [2.75, 3.05) is 61.4 Å². The van der Waals surface area contributed by atoms with Gasteiger partial charge in [0.05, 0.1) is 36.1 Å². The number of primary amides is 1. The molecule has 0 saturated carbocycles. The van der Waals surface area contributed by atoms with E-state index >= 15 is 0 Å². The fourth-order valence-corrected chi connectivity index (χ4v) is 6.69. The number of nitrogens with one attached hydrogen (secondary N) is 2. The number of carbonyl (C=O) groups excluding carboxylic acids is 1. The lowest BCUT2D eigenvalue weighted by Crippen LogP contribution is -2.58. The standard InChI is InChI=1S/C30H37Cl2N7O4/c1-2-21-16-38(30-23(32)13-20(14-35-30)36-27-26(28(42)29(27)43)34-15-25(33)41)11-12-39(21)22-7-9-37(10-8-22)24(17-40)18-3-5-19(31)6-4-18/h3-6,13-14,21-22,24,34,36,40H,2,7-12,15-17H2,1H3,(H2,33,41)/t21-,24+/m0/s1. The highest BCUT2D eigenvalue weighted by Crippen LogP contribution is 2.33. The third-order valence-corrected chi connectivity index (χ3v) is 9.11. The maximum absolute atomic E-state index is 12.1. The fourth-order valence-electron chi connectivity index (χ4n) is 6.28.